The van der Waals surface area contributed by atoms with E-state index in [4.69, 9.17) is 0 Å². The van der Waals surface area contributed by atoms with Gasteiger partial charge in [0.15, 0.2) is 0 Å². The smallest absolute Gasteiger partial charge is 0.215 e. The molecular formula is C17H25FN2O2S2. The molecule has 7 heteroatoms. The second kappa shape index (κ2) is 8.17. The number of rotatable bonds is 6. The molecule has 0 spiro atoms. The number of sulfonamides is 1. The molecule has 0 aliphatic carbocycles. The maximum absolute atomic E-state index is 12.9. The van der Waals surface area contributed by atoms with E-state index in [-0.39, 0.29) is 11.6 Å². The predicted molar refractivity (Wildman–Crippen MR) is 97.1 cm³/mol. The van der Waals surface area contributed by atoms with Crippen LogP contribution in [0.3, 0.4) is 0 Å². The molecule has 1 unspecified atom stereocenters. The number of thioether (sulfide) groups is 1. The van der Waals surface area contributed by atoms with Gasteiger partial charge < -0.3 is 0 Å². The van der Waals surface area contributed by atoms with Crippen LogP contribution in [0.1, 0.15) is 24.8 Å². The maximum atomic E-state index is 12.9. The fraction of sp³-hybridized carbons (Fsp3) is 0.647. The minimum Gasteiger partial charge on any atom is -0.300 e. The number of hydrogen-bond acceptors (Lipinski definition) is 4. The summed E-state index contributed by atoms with van der Waals surface area (Å²) in [6.45, 7) is 2.67. The van der Waals surface area contributed by atoms with Gasteiger partial charge in [-0.1, -0.05) is 12.1 Å². The highest BCUT2D eigenvalue weighted by Gasteiger charge is 2.27. The van der Waals surface area contributed by atoms with E-state index in [0.29, 0.717) is 18.0 Å². The van der Waals surface area contributed by atoms with Crippen LogP contribution in [0.4, 0.5) is 4.39 Å². The molecule has 1 aromatic rings. The van der Waals surface area contributed by atoms with Crippen LogP contribution in [0, 0.1) is 11.7 Å². The molecular weight excluding hydrogens is 347 g/mol. The Bertz CT molecular complexity index is 622. The van der Waals surface area contributed by atoms with Crippen molar-refractivity contribution < 1.29 is 12.8 Å². The van der Waals surface area contributed by atoms with E-state index >= 15 is 0 Å². The van der Waals surface area contributed by atoms with Crippen LogP contribution in [0.5, 0.6) is 0 Å². The largest absolute Gasteiger partial charge is 0.300 e. The molecule has 2 fully saturated rings. The lowest BCUT2D eigenvalue weighted by Crippen LogP contribution is -2.43. The van der Waals surface area contributed by atoms with Gasteiger partial charge in [-0.2, -0.15) is 11.8 Å². The molecule has 0 bridgehead atoms. The zero-order valence-electron chi connectivity index (χ0n) is 13.8. The summed E-state index contributed by atoms with van der Waals surface area (Å²) in [6, 6.07) is 6.36. The fourth-order valence-electron chi connectivity index (χ4n) is 3.43. The molecule has 1 aromatic carbocycles. The monoisotopic (exact) mass is 372 g/mol. The van der Waals surface area contributed by atoms with Crippen LogP contribution in [0.2, 0.25) is 0 Å². The van der Waals surface area contributed by atoms with Crippen molar-refractivity contribution in [2.75, 3.05) is 31.1 Å². The molecule has 1 N–H and O–H groups in total. The normalized spacial score (nSPS) is 23.6. The summed E-state index contributed by atoms with van der Waals surface area (Å²) in [6.07, 6.45) is 3.40. The van der Waals surface area contributed by atoms with Crippen LogP contribution < -0.4 is 4.72 Å². The number of halogens is 1. The van der Waals surface area contributed by atoms with Gasteiger partial charge in [0, 0.05) is 18.3 Å². The van der Waals surface area contributed by atoms with Crippen molar-refractivity contribution in [3.63, 3.8) is 0 Å². The van der Waals surface area contributed by atoms with Crippen molar-refractivity contribution in [1.82, 2.24) is 9.62 Å². The number of nitrogens with one attached hydrogen (secondary N) is 1. The first kappa shape index (κ1) is 18.2. The van der Waals surface area contributed by atoms with Crippen molar-refractivity contribution >= 4 is 21.8 Å². The summed E-state index contributed by atoms with van der Waals surface area (Å²) in [5.74, 6) is 2.49. The Balaban J connectivity index is 1.42. The summed E-state index contributed by atoms with van der Waals surface area (Å²) in [5.41, 5.74) is 0.609. The summed E-state index contributed by atoms with van der Waals surface area (Å²) in [5, 5.41) is 0. The molecule has 3 rings (SSSR count). The topological polar surface area (TPSA) is 49.4 Å². The van der Waals surface area contributed by atoms with E-state index in [1.807, 2.05) is 11.8 Å². The molecule has 0 amide bonds. The van der Waals surface area contributed by atoms with E-state index in [2.05, 4.69) is 9.62 Å². The third kappa shape index (κ3) is 5.18. The number of likely N-dealkylation sites (tertiary alicyclic amines) is 1. The van der Waals surface area contributed by atoms with Gasteiger partial charge in [-0.05, 0) is 61.7 Å². The Kier molecular flexibility index (Phi) is 6.18. The maximum Gasteiger partial charge on any atom is 0.215 e. The minimum absolute atomic E-state index is 0.0918. The predicted octanol–water partition coefficient (Wildman–Crippen LogP) is 2.46. The lowest BCUT2D eigenvalue weighted by molar-refractivity contribution is 0.145. The Morgan fingerprint density at radius 3 is 2.50 bits per heavy atom. The van der Waals surface area contributed by atoms with E-state index in [1.54, 1.807) is 0 Å². The number of benzene rings is 1. The van der Waals surface area contributed by atoms with Crippen molar-refractivity contribution in [2.24, 2.45) is 5.92 Å². The molecule has 0 radical (unpaired) electrons. The van der Waals surface area contributed by atoms with E-state index in [0.717, 1.165) is 32.0 Å². The van der Waals surface area contributed by atoms with Gasteiger partial charge in [-0.3, -0.25) is 4.90 Å². The second-order valence-electron chi connectivity index (χ2n) is 6.73. The van der Waals surface area contributed by atoms with Crippen molar-refractivity contribution in [3.8, 4) is 0 Å². The van der Waals surface area contributed by atoms with Crippen LogP contribution >= 0.6 is 11.8 Å². The van der Waals surface area contributed by atoms with Gasteiger partial charge in [0.1, 0.15) is 5.82 Å². The van der Waals surface area contributed by atoms with Crippen LogP contribution in [-0.4, -0.2) is 50.5 Å². The first-order valence-electron chi connectivity index (χ1n) is 8.55. The average molecular weight is 373 g/mol. The molecule has 0 saturated carbocycles. The van der Waals surface area contributed by atoms with E-state index in [9.17, 15) is 12.8 Å². The van der Waals surface area contributed by atoms with Crippen LogP contribution in [-0.2, 0) is 15.8 Å². The molecule has 1 atom stereocenters. The molecule has 2 saturated heterocycles. The molecule has 2 aliphatic rings. The van der Waals surface area contributed by atoms with Crippen molar-refractivity contribution in [2.45, 2.75) is 31.1 Å². The Morgan fingerprint density at radius 2 is 1.88 bits per heavy atom. The minimum atomic E-state index is -3.37. The summed E-state index contributed by atoms with van der Waals surface area (Å²) >= 11 is 2.04. The molecule has 2 aliphatic heterocycles. The van der Waals surface area contributed by atoms with Gasteiger partial charge >= 0.3 is 0 Å². The van der Waals surface area contributed by atoms with Crippen molar-refractivity contribution in [3.05, 3.63) is 35.6 Å². The number of piperidine rings is 1. The van der Waals surface area contributed by atoms with E-state index in [1.165, 1.54) is 42.2 Å². The zero-order chi connectivity index (χ0) is 17.0. The third-order valence-corrected chi connectivity index (χ3v) is 7.40. The SMILES string of the molecule is O=S(=O)(Cc1ccc(F)cc1)NCC1CCN(C2CCSC2)CC1. The first-order valence-corrected chi connectivity index (χ1v) is 11.4. The Labute approximate surface area is 148 Å². The molecule has 134 valence electrons. The third-order valence-electron chi connectivity index (χ3n) is 4.93. The van der Waals surface area contributed by atoms with Crippen molar-refractivity contribution in [1.29, 1.82) is 0 Å². The second-order valence-corrected chi connectivity index (χ2v) is 9.69. The zero-order valence-corrected chi connectivity index (χ0v) is 15.4. The molecule has 2 heterocycles. The van der Waals surface area contributed by atoms with Gasteiger partial charge in [0.05, 0.1) is 5.75 Å². The van der Waals surface area contributed by atoms with Gasteiger partial charge in [0.2, 0.25) is 10.0 Å². The molecule has 0 aromatic heterocycles. The highest BCUT2D eigenvalue weighted by Crippen LogP contribution is 2.26. The van der Waals surface area contributed by atoms with Crippen LogP contribution in [0.15, 0.2) is 24.3 Å². The summed E-state index contributed by atoms with van der Waals surface area (Å²) in [4.78, 5) is 2.57. The Morgan fingerprint density at radius 1 is 1.17 bits per heavy atom. The van der Waals surface area contributed by atoms with Crippen LogP contribution in [0.25, 0.3) is 0 Å². The first-order chi connectivity index (χ1) is 11.5. The van der Waals surface area contributed by atoms with Gasteiger partial charge in [0.25, 0.3) is 0 Å². The number of hydrogen-bond donors (Lipinski definition) is 1. The average Bonchev–Trinajstić information content (AvgIpc) is 3.10. The van der Waals surface area contributed by atoms with Gasteiger partial charge in [-0.25, -0.2) is 17.5 Å². The number of nitrogens with zero attached hydrogens (tertiary/aromatic N) is 1. The van der Waals surface area contributed by atoms with E-state index < -0.39 is 10.0 Å². The highest BCUT2D eigenvalue weighted by atomic mass is 32.2. The molecule has 4 nitrogen and oxygen atoms in total. The summed E-state index contributed by atoms with van der Waals surface area (Å²) < 4.78 is 40.0. The standard InChI is InChI=1S/C17H25FN2O2S2/c18-16-3-1-15(2-4-16)13-24(21,22)19-11-14-5-8-20(9-6-14)17-7-10-23-12-17/h1-4,14,17,19H,5-13H2. The lowest BCUT2D eigenvalue weighted by Gasteiger charge is -2.35. The van der Waals surface area contributed by atoms with Gasteiger partial charge in [-0.15, -0.1) is 0 Å². The lowest BCUT2D eigenvalue weighted by atomic mass is 9.96. The molecule has 24 heavy (non-hydrogen) atoms. The summed E-state index contributed by atoms with van der Waals surface area (Å²) in [7, 11) is -3.37. The fourth-order valence-corrected chi connectivity index (χ4v) is 5.91. The Hall–Kier alpha value is -0.630. The quantitative estimate of drug-likeness (QED) is 0.833. The highest BCUT2D eigenvalue weighted by molar-refractivity contribution is 7.99.